The normalized spacial score (nSPS) is 15.3. The minimum Gasteiger partial charge on any atom is -0.508 e. The van der Waals surface area contributed by atoms with Crippen LogP contribution in [0.4, 0.5) is 0 Å². The number of hydrogen-bond donors (Lipinski definition) is 3. The van der Waals surface area contributed by atoms with Crippen LogP contribution in [0.3, 0.4) is 0 Å². The maximum atomic E-state index is 9.43. The van der Waals surface area contributed by atoms with Gasteiger partial charge in [-0.1, -0.05) is 12.1 Å². The molecule has 0 radical (unpaired) electrons. The zero-order chi connectivity index (χ0) is 11.5. The number of aromatic hydroxyl groups is 1. The number of benzene rings is 1. The van der Waals surface area contributed by atoms with Crippen LogP contribution in [0.5, 0.6) is 5.75 Å². The first kappa shape index (κ1) is 12.0. The highest BCUT2D eigenvalue weighted by molar-refractivity contribution is 5.32. The van der Waals surface area contributed by atoms with Crippen LogP contribution in [0, 0.1) is 0 Å². The Morgan fingerprint density at radius 2 is 2.07 bits per heavy atom. The van der Waals surface area contributed by atoms with E-state index in [1.807, 2.05) is 26.8 Å². The van der Waals surface area contributed by atoms with Gasteiger partial charge in [0.05, 0.1) is 12.1 Å². The van der Waals surface area contributed by atoms with E-state index in [0.29, 0.717) is 0 Å². The van der Waals surface area contributed by atoms with Crippen LogP contribution in [-0.2, 0) is 5.54 Å². The summed E-state index contributed by atoms with van der Waals surface area (Å²) in [6.45, 7) is 5.96. The molecule has 1 rings (SSSR count). The molecular weight excluding hydrogens is 190 g/mol. The Kier molecular flexibility index (Phi) is 3.72. The number of aliphatic hydroxyl groups excluding tert-OH is 1. The van der Waals surface area contributed by atoms with Crippen molar-refractivity contribution >= 4 is 0 Å². The number of phenolic OH excluding ortho intramolecular Hbond substituents is 1. The highest BCUT2D eigenvalue weighted by Crippen LogP contribution is 2.24. The van der Waals surface area contributed by atoms with Crippen LogP contribution >= 0.6 is 0 Å². The lowest BCUT2D eigenvalue weighted by Crippen LogP contribution is -2.46. The molecule has 3 heteroatoms. The molecule has 0 aliphatic heterocycles. The molecule has 1 atom stereocenters. The van der Waals surface area contributed by atoms with Crippen molar-refractivity contribution in [3.63, 3.8) is 0 Å². The van der Waals surface area contributed by atoms with Crippen molar-refractivity contribution in [1.29, 1.82) is 0 Å². The molecule has 15 heavy (non-hydrogen) atoms. The number of nitrogens with one attached hydrogen (secondary N) is 1. The van der Waals surface area contributed by atoms with Crippen molar-refractivity contribution in [3.05, 3.63) is 29.8 Å². The van der Waals surface area contributed by atoms with Crippen LogP contribution in [-0.4, -0.2) is 22.9 Å². The van der Waals surface area contributed by atoms with Crippen LogP contribution < -0.4 is 5.32 Å². The van der Waals surface area contributed by atoms with Gasteiger partial charge in [-0.2, -0.15) is 0 Å². The van der Waals surface area contributed by atoms with Crippen molar-refractivity contribution < 1.29 is 10.2 Å². The fourth-order valence-corrected chi connectivity index (χ4v) is 1.71. The summed E-state index contributed by atoms with van der Waals surface area (Å²) >= 11 is 0. The topological polar surface area (TPSA) is 52.5 Å². The van der Waals surface area contributed by atoms with Gasteiger partial charge in [0.2, 0.25) is 0 Å². The van der Waals surface area contributed by atoms with Gasteiger partial charge in [-0.05, 0) is 38.5 Å². The van der Waals surface area contributed by atoms with Crippen molar-refractivity contribution in [1.82, 2.24) is 5.32 Å². The van der Waals surface area contributed by atoms with Crippen molar-refractivity contribution in [3.8, 4) is 5.75 Å². The predicted octanol–water partition coefficient (Wildman–Crippen LogP) is 1.60. The number of phenols is 1. The quantitative estimate of drug-likeness (QED) is 0.706. The molecule has 0 aliphatic rings. The second kappa shape index (κ2) is 4.64. The molecule has 84 valence electrons. The van der Waals surface area contributed by atoms with E-state index >= 15 is 0 Å². The molecule has 0 heterocycles. The van der Waals surface area contributed by atoms with E-state index < -0.39 is 5.54 Å². The maximum Gasteiger partial charge on any atom is 0.115 e. The Morgan fingerprint density at radius 3 is 2.53 bits per heavy atom. The minimum atomic E-state index is -0.507. The molecule has 3 N–H and O–H groups in total. The highest BCUT2D eigenvalue weighted by atomic mass is 16.3. The first-order valence-electron chi connectivity index (χ1n) is 5.16. The van der Waals surface area contributed by atoms with Gasteiger partial charge in [0.15, 0.2) is 0 Å². The molecular formula is C12H19NO2. The lowest BCUT2D eigenvalue weighted by Gasteiger charge is -2.31. The summed E-state index contributed by atoms with van der Waals surface area (Å²) < 4.78 is 0. The average Bonchev–Trinajstić information content (AvgIpc) is 2.16. The highest BCUT2D eigenvalue weighted by Gasteiger charge is 2.26. The molecule has 1 aromatic rings. The summed E-state index contributed by atoms with van der Waals surface area (Å²) in [4.78, 5) is 0. The minimum absolute atomic E-state index is 0.00532. The van der Waals surface area contributed by atoms with Gasteiger partial charge in [-0.3, -0.25) is 0 Å². The summed E-state index contributed by atoms with van der Waals surface area (Å²) in [5.74, 6) is 0.220. The molecule has 0 amide bonds. The largest absolute Gasteiger partial charge is 0.508 e. The summed E-state index contributed by atoms with van der Waals surface area (Å²) in [5.41, 5.74) is 0.381. The van der Waals surface area contributed by atoms with Crippen LogP contribution in [0.2, 0.25) is 0 Å². The van der Waals surface area contributed by atoms with Crippen molar-refractivity contribution in [2.24, 2.45) is 0 Å². The molecule has 0 fully saturated rings. The Hall–Kier alpha value is -1.06. The number of rotatable bonds is 4. The Labute approximate surface area is 90.8 Å². The molecule has 0 spiro atoms. The fraction of sp³-hybridized carbons (Fsp3) is 0.500. The monoisotopic (exact) mass is 209 g/mol. The zero-order valence-electron chi connectivity index (χ0n) is 9.49. The standard InChI is InChI=1S/C12H19NO2/c1-9(2)13-12(3,8-14)10-5-4-6-11(15)7-10/h4-7,9,13-15H,8H2,1-3H3. The Balaban J connectivity index is 3.00. The molecule has 0 bridgehead atoms. The third-order valence-electron chi connectivity index (χ3n) is 2.41. The number of hydrogen-bond acceptors (Lipinski definition) is 3. The summed E-state index contributed by atoms with van der Waals surface area (Å²) in [6.07, 6.45) is 0. The van der Waals surface area contributed by atoms with Crippen molar-refractivity contribution in [2.75, 3.05) is 6.61 Å². The third kappa shape index (κ3) is 2.94. The average molecular weight is 209 g/mol. The van der Waals surface area contributed by atoms with E-state index in [1.54, 1.807) is 18.2 Å². The third-order valence-corrected chi connectivity index (χ3v) is 2.41. The molecule has 1 aromatic carbocycles. The molecule has 0 saturated heterocycles. The van der Waals surface area contributed by atoms with E-state index in [0.717, 1.165) is 5.56 Å². The van der Waals surface area contributed by atoms with Gasteiger partial charge in [0.1, 0.15) is 5.75 Å². The van der Waals surface area contributed by atoms with Gasteiger partial charge in [-0.25, -0.2) is 0 Å². The van der Waals surface area contributed by atoms with E-state index in [9.17, 15) is 10.2 Å². The first-order valence-corrected chi connectivity index (χ1v) is 5.16. The van der Waals surface area contributed by atoms with Crippen LogP contribution in [0.1, 0.15) is 26.3 Å². The van der Waals surface area contributed by atoms with Gasteiger partial charge >= 0.3 is 0 Å². The molecule has 0 aliphatic carbocycles. The molecule has 0 saturated carbocycles. The predicted molar refractivity (Wildman–Crippen MR) is 60.8 cm³/mol. The Morgan fingerprint density at radius 1 is 1.40 bits per heavy atom. The molecule has 1 unspecified atom stereocenters. The van der Waals surface area contributed by atoms with Gasteiger partial charge < -0.3 is 15.5 Å². The SMILES string of the molecule is CC(C)NC(C)(CO)c1cccc(O)c1. The first-order chi connectivity index (χ1) is 6.98. The molecule has 3 nitrogen and oxygen atoms in total. The van der Waals surface area contributed by atoms with Crippen LogP contribution in [0.15, 0.2) is 24.3 Å². The van der Waals surface area contributed by atoms with E-state index in [2.05, 4.69) is 5.32 Å². The fourth-order valence-electron chi connectivity index (χ4n) is 1.71. The summed E-state index contributed by atoms with van der Waals surface area (Å²) in [5, 5.41) is 22.1. The lowest BCUT2D eigenvalue weighted by atomic mass is 9.92. The Bertz CT molecular complexity index is 325. The van der Waals surface area contributed by atoms with E-state index in [1.165, 1.54) is 0 Å². The smallest absolute Gasteiger partial charge is 0.115 e. The second-order valence-electron chi connectivity index (χ2n) is 4.34. The van der Waals surface area contributed by atoms with Gasteiger partial charge in [0, 0.05) is 6.04 Å². The second-order valence-corrected chi connectivity index (χ2v) is 4.34. The number of aliphatic hydroxyl groups is 1. The van der Waals surface area contributed by atoms with Gasteiger partial charge in [0.25, 0.3) is 0 Å². The summed E-state index contributed by atoms with van der Waals surface area (Å²) in [7, 11) is 0. The van der Waals surface area contributed by atoms with Crippen molar-refractivity contribution in [2.45, 2.75) is 32.4 Å². The lowest BCUT2D eigenvalue weighted by molar-refractivity contribution is 0.166. The zero-order valence-corrected chi connectivity index (χ0v) is 9.49. The summed E-state index contributed by atoms with van der Waals surface area (Å²) in [6, 6.07) is 7.23. The van der Waals surface area contributed by atoms with E-state index in [4.69, 9.17) is 0 Å². The van der Waals surface area contributed by atoms with Gasteiger partial charge in [-0.15, -0.1) is 0 Å². The van der Waals surface area contributed by atoms with E-state index in [-0.39, 0.29) is 18.4 Å². The maximum absolute atomic E-state index is 9.43. The molecule has 0 aromatic heterocycles. The van der Waals surface area contributed by atoms with Crippen LogP contribution in [0.25, 0.3) is 0 Å².